The molecule has 1 amide bonds. The second kappa shape index (κ2) is 5.81. The molecule has 0 N–H and O–H groups in total. The molecule has 110 valence electrons. The third-order valence-corrected chi connectivity index (χ3v) is 4.57. The number of anilines is 1. The van der Waals surface area contributed by atoms with Gasteiger partial charge in [0.05, 0.1) is 11.3 Å². The first-order valence-corrected chi connectivity index (χ1v) is 7.74. The number of nitrogens with zero attached hydrogens (tertiary/aromatic N) is 3. The fraction of sp³-hybridized carbons (Fsp3) is 0.333. The molecule has 1 aliphatic heterocycles. The molecular formula is C15H16FN3OS. The van der Waals surface area contributed by atoms with E-state index in [4.69, 9.17) is 0 Å². The van der Waals surface area contributed by atoms with E-state index in [1.54, 1.807) is 28.4 Å². The highest BCUT2D eigenvalue weighted by atomic mass is 32.1. The van der Waals surface area contributed by atoms with E-state index < -0.39 is 5.82 Å². The van der Waals surface area contributed by atoms with Gasteiger partial charge in [-0.25, -0.2) is 9.37 Å². The van der Waals surface area contributed by atoms with Crippen molar-refractivity contribution in [2.45, 2.75) is 6.92 Å². The lowest BCUT2D eigenvalue weighted by molar-refractivity contribution is 0.0742. The van der Waals surface area contributed by atoms with Crippen molar-refractivity contribution in [2.24, 2.45) is 0 Å². The molecule has 1 fully saturated rings. The Hall–Kier alpha value is -1.95. The number of piperazine rings is 1. The number of halogens is 1. The molecule has 1 aliphatic rings. The third kappa shape index (κ3) is 2.90. The van der Waals surface area contributed by atoms with Gasteiger partial charge >= 0.3 is 0 Å². The average Bonchev–Trinajstić information content (AvgIpc) is 2.94. The lowest BCUT2D eigenvalue weighted by Gasteiger charge is -2.34. The van der Waals surface area contributed by atoms with E-state index in [1.165, 1.54) is 12.1 Å². The Morgan fingerprint density at radius 3 is 2.57 bits per heavy atom. The molecule has 0 radical (unpaired) electrons. The molecule has 6 heteroatoms. The van der Waals surface area contributed by atoms with Gasteiger partial charge in [0.15, 0.2) is 5.13 Å². The summed E-state index contributed by atoms with van der Waals surface area (Å²) in [4.78, 5) is 20.7. The highest BCUT2D eigenvalue weighted by Gasteiger charge is 2.24. The maximum Gasteiger partial charge on any atom is 0.256 e. The number of carbonyl (C=O) groups excluding carboxylic acids is 1. The van der Waals surface area contributed by atoms with Gasteiger partial charge in [-0.2, -0.15) is 0 Å². The molecule has 0 bridgehead atoms. The number of rotatable bonds is 2. The molecular weight excluding hydrogens is 289 g/mol. The Morgan fingerprint density at radius 2 is 1.95 bits per heavy atom. The average molecular weight is 305 g/mol. The van der Waals surface area contributed by atoms with Crippen LogP contribution in [0.2, 0.25) is 0 Å². The molecule has 0 saturated carbocycles. The van der Waals surface area contributed by atoms with Crippen LogP contribution in [0.5, 0.6) is 0 Å². The van der Waals surface area contributed by atoms with Crippen LogP contribution in [0.25, 0.3) is 0 Å². The minimum absolute atomic E-state index is 0.149. The first-order valence-electron chi connectivity index (χ1n) is 6.86. The predicted octanol–water partition coefficient (Wildman–Crippen LogP) is 2.55. The Morgan fingerprint density at radius 1 is 1.24 bits per heavy atom. The maximum absolute atomic E-state index is 13.7. The van der Waals surface area contributed by atoms with Crippen molar-refractivity contribution in [1.29, 1.82) is 0 Å². The lowest BCUT2D eigenvalue weighted by atomic mass is 10.1. The molecule has 1 aromatic heterocycles. The van der Waals surface area contributed by atoms with E-state index in [1.807, 2.05) is 12.3 Å². The van der Waals surface area contributed by atoms with Gasteiger partial charge in [0.25, 0.3) is 5.91 Å². The normalized spacial score (nSPS) is 15.3. The summed E-state index contributed by atoms with van der Waals surface area (Å²) in [5.74, 6) is -0.691. The number of aromatic nitrogens is 1. The maximum atomic E-state index is 13.7. The number of hydrogen-bond acceptors (Lipinski definition) is 4. The zero-order valence-corrected chi connectivity index (χ0v) is 12.6. The number of amides is 1. The number of carbonyl (C=O) groups is 1. The number of hydrogen-bond donors (Lipinski definition) is 0. The summed E-state index contributed by atoms with van der Waals surface area (Å²) in [7, 11) is 0. The minimum Gasteiger partial charge on any atom is -0.345 e. The SMILES string of the molecule is Cc1csc(N2CCN(C(=O)c3ccccc3F)CC2)n1. The van der Waals surface area contributed by atoms with E-state index in [-0.39, 0.29) is 11.5 Å². The highest BCUT2D eigenvalue weighted by Crippen LogP contribution is 2.22. The fourth-order valence-corrected chi connectivity index (χ4v) is 3.25. The molecule has 0 spiro atoms. The summed E-state index contributed by atoms with van der Waals surface area (Å²) in [5, 5.41) is 3.01. The van der Waals surface area contributed by atoms with Crippen molar-refractivity contribution < 1.29 is 9.18 Å². The Bertz CT molecular complexity index is 650. The van der Waals surface area contributed by atoms with Crippen molar-refractivity contribution in [3.63, 3.8) is 0 Å². The smallest absolute Gasteiger partial charge is 0.256 e. The van der Waals surface area contributed by atoms with Crippen LogP contribution in [-0.2, 0) is 0 Å². The fourth-order valence-electron chi connectivity index (χ4n) is 2.39. The van der Waals surface area contributed by atoms with Crippen LogP contribution in [0.4, 0.5) is 9.52 Å². The van der Waals surface area contributed by atoms with Gasteiger partial charge in [-0.05, 0) is 19.1 Å². The van der Waals surface area contributed by atoms with Gasteiger partial charge in [-0.3, -0.25) is 4.79 Å². The van der Waals surface area contributed by atoms with E-state index in [2.05, 4.69) is 9.88 Å². The summed E-state index contributed by atoms with van der Waals surface area (Å²) in [6.45, 7) is 4.61. The van der Waals surface area contributed by atoms with Crippen LogP contribution >= 0.6 is 11.3 Å². The largest absolute Gasteiger partial charge is 0.345 e. The Labute approximate surface area is 126 Å². The topological polar surface area (TPSA) is 36.4 Å². The van der Waals surface area contributed by atoms with Gasteiger partial charge < -0.3 is 9.80 Å². The van der Waals surface area contributed by atoms with Crippen LogP contribution in [0.1, 0.15) is 16.1 Å². The molecule has 0 atom stereocenters. The predicted molar refractivity (Wildman–Crippen MR) is 81.4 cm³/mol. The highest BCUT2D eigenvalue weighted by molar-refractivity contribution is 7.13. The zero-order chi connectivity index (χ0) is 14.8. The second-order valence-corrected chi connectivity index (χ2v) is 5.87. The minimum atomic E-state index is -0.458. The molecule has 1 aromatic carbocycles. The van der Waals surface area contributed by atoms with Crippen LogP contribution < -0.4 is 4.90 Å². The summed E-state index contributed by atoms with van der Waals surface area (Å²) < 4.78 is 13.7. The summed E-state index contributed by atoms with van der Waals surface area (Å²) in [5.41, 5.74) is 1.16. The monoisotopic (exact) mass is 305 g/mol. The summed E-state index contributed by atoms with van der Waals surface area (Å²) >= 11 is 1.62. The van der Waals surface area contributed by atoms with Gasteiger partial charge in [0.1, 0.15) is 5.82 Å². The van der Waals surface area contributed by atoms with Crippen molar-refractivity contribution >= 4 is 22.4 Å². The van der Waals surface area contributed by atoms with E-state index in [0.717, 1.165) is 23.9 Å². The number of benzene rings is 1. The molecule has 0 unspecified atom stereocenters. The quantitative estimate of drug-likeness (QED) is 0.855. The van der Waals surface area contributed by atoms with Gasteiger partial charge in [-0.15, -0.1) is 11.3 Å². The number of thiazole rings is 1. The zero-order valence-electron chi connectivity index (χ0n) is 11.8. The van der Waals surface area contributed by atoms with E-state index >= 15 is 0 Å². The van der Waals surface area contributed by atoms with Gasteiger partial charge in [-0.1, -0.05) is 12.1 Å². The lowest BCUT2D eigenvalue weighted by Crippen LogP contribution is -2.49. The third-order valence-electron chi connectivity index (χ3n) is 3.55. The van der Waals surface area contributed by atoms with Crippen LogP contribution in [0, 0.1) is 12.7 Å². The van der Waals surface area contributed by atoms with Crippen molar-refractivity contribution in [3.05, 3.63) is 46.7 Å². The van der Waals surface area contributed by atoms with Crippen molar-refractivity contribution in [3.8, 4) is 0 Å². The van der Waals surface area contributed by atoms with Gasteiger partial charge in [0.2, 0.25) is 0 Å². The summed E-state index contributed by atoms with van der Waals surface area (Å²) in [6.07, 6.45) is 0. The van der Waals surface area contributed by atoms with Crippen molar-refractivity contribution in [1.82, 2.24) is 9.88 Å². The van der Waals surface area contributed by atoms with Gasteiger partial charge in [0, 0.05) is 31.6 Å². The Balaban J connectivity index is 1.66. The molecule has 3 rings (SSSR count). The summed E-state index contributed by atoms with van der Waals surface area (Å²) in [6, 6.07) is 6.13. The van der Waals surface area contributed by atoms with Crippen molar-refractivity contribution in [2.75, 3.05) is 31.1 Å². The second-order valence-electron chi connectivity index (χ2n) is 5.03. The first kappa shape index (κ1) is 14.0. The van der Waals surface area contributed by atoms with Crippen LogP contribution in [-0.4, -0.2) is 42.0 Å². The molecule has 0 aliphatic carbocycles. The van der Waals surface area contributed by atoms with Crippen LogP contribution in [0.15, 0.2) is 29.6 Å². The van der Waals surface area contributed by atoms with Crippen LogP contribution in [0.3, 0.4) is 0 Å². The molecule has 2 heterocycles. The molecule has 4 nitrogen and oxygen atoms in total. The molecule has 1 saturated heterocycles. The standard InChI is InChI=1S/C15H16FN3OS/c1-11-10-21-15(17-11)19-8-6-18(7-9-19)14(20)12-4-2-3-5-13(12)16/h2-5,10H,6-9H2,1H3. The molecule has 21 heavy (non-hydrogen) atoms. The van der Waals surface area contributed by atoms with E-state index in [0.29, 0.717) is 13.1 Å². The van der Waals surface area contributed by atoms with E-state index in [9.17, 15) is 9.18 Å². The Kier molecular flexibility index (Phi) is 3.88. The first-order chi connectivity index (χ1) is 10.1. The number of aryl methyl sites for hydroxylation is 1. The molecule has 2 aromatic rings.